The number of Topliss-reactive ketones (excluding diaryl/α,β-unsaturated/α-hetero) is 1. The number of allylic oxidation sites excluding steroid dienone is 2. The van der Waals surface area contributed by atoms with Gasteiger partial charge in [0.15, 0.2) is 5.76 Å². The van der Waals surface area contributed by atoms with Crippen LogP contribution in [0.5, 0.6) is 0 Å². The molecule has 0 aromatic rings. The Balaban J connectivity index is 3.11. The second-order valence-corrected chi connectivity index (χ2v) is 4.04. The molecular weight excluding hydrogens is 152 g/mol. The van der Waals surface area contributed by atoms with Crippen LogP contribution in [0.15, 0.2) is 11.3 Å². The van der Waals surface area contributed by atoms with E-state index >= 15 is 0 Å². The van der Waals surface area contributed by atoms with Crippen molar-refractivity contribution in [1.82, 2.24) is 0 Å². The van der Waals surface area contributed by atoms with Crippen LogP contribution in [-0.2, 0) is 4.79 Å². The minimum absolute atomic E-state index is 0.00755. The van der Waals surface area contributed by atoms with Crippen LogP contribution in [0.2, 0.25) is 0 Å². The predicted molar refractivity (Wildman–Crippen MR) is 47.9 cm³/mol. The first-order chi connectivity index (χ1) is 5.42. The van der Waals surface area contributed by atoms with Gasteiger partial charge >= 0.3 is 0 Å². The Labute approximate surface area is 73.3 Å². The molecule has 0 heterocycles. The van der Waals surface area contributed by atoms with E-state index in [-0.39, 0.29) is 17.5 Å². The Hall–Kier alpha value is -0.790. The first-order valence-corrected chi connectivity index (χ1v) is 4.37. The van der Waals surface area contributed by atoms with Gasteiger partial charge < -0.3 is 5.11 Å². The normalized spacial score (nSPS) is 28.3. The minimum atomic E-state index is -0.400. The highest BCUT2D eigenvalue weighted by Gasteiger charge is 2.45. The predicted octanol–water partition coefficient (Wildman–Crippen LogP) is 2.45. The van der Waals surface area contributed by atoms with Gasteiger partial charge in [0.25, 0.3) is 0 Å². The van der Waals surface area contributed by atoms with E-state index in [9.17, 15) is 9.90 Å². The van der Waals surface area contributed by atoms with Gasteiger partial charge in [-0.3, -0.25) is 4.79 Å². The van der Waals surface area contributed by atoms with Crippen LogP contribution in [0.4, 0.5) is 0 Å². The van der Waals surface area contributed by atoms with Crippen molar-refractivity contribution in [1.29, 1.82) is 0 Å². The van der Waals surface area contributed by atoms with Gasteiger partial charge in [0, 0.05) is 5.41 Å². The monoisotopic (exact) mass is 168 g/mol. The highest BCUT2D eigenvalue weighted by molar-refractivity contribution is 6.01. The van der Waals surface area contributed by atoms with Crippen molar-refractivity contribution >= 4 is 5.78 Å². The fraction of sp³-hybridized carbons (Fsp3) is 0.700. The second-order valence-electron chi connectivity index (χ2n) is 4.04. The molecule has 12 heavy (non-hydrogen) atoms. The molecule has 0 spiro atoms. The molecule has 1 atom stereocenters. The van der Waals surface area contributed by atoms with E-state index in [1.165, 1.54) is 0 Å². The van der Waals surface area contributed by atoms with Gasteiger partial charge in [0.2, 0.25) is 5.78 Å². The van der Waals surface area contributed by atoms with E-state index in [1.54, 1.807) is 0 Å². The molecule has 1 aliphatic rings. The van der Waals surface area contributed by atoms with Crippen LogP contribution in [0.3, 0.4) is 0 Å². The zero-order chi connectivity index (χ0) is 9.52. The van der Waals surface area contributed by atoms with Crippen molar-refractivity contribution in [2.24, 2.45) is 11.3 Å². The molecule has 0 fully saturated rings. The number of carbonyl (C=O) groups is 1. The number of aliphatic hydroxyl groups is 1. The first-order valence-electron chi connectivity index (χ1n) is 4.37. The number of ketones is 1. The number of rotatable bonds is 1. The summed E-state index contributed by atoms with van der Waals surface area (Å²) in [5.41, 5.74) is 0.454. The summed E-state index contributed by atoms with van der Waals surface area (Å²) in [7, 11) is 0. The third kappa shape index (κ3) is 0.977. The number of hydrogen-bond acceptors (Lipinski definition) is 2. The number of aliphatic hydroxyl groups excluding tert-OH is 1. The third-order valence-corrected chi connectivity index (χ3v) is 2.98. The van der Waals surface area contributed by atoms with Crippen molar-refractivity contribution in [3.8, 4) is 0 Å². The summed E-state index contributed by atoms with van der Waals surface area (Å²) in [4.78, 5) is 11.5. The Morgan fingerprint density at radius 1 is 1.50 bits per heavy atom. The van der Waals surface area contributed by atoms with Crippen molar-refractivity contribution < 1.29 is 9.90 Å². The van der Waals surface area contributed by atoms with Crippen molar-refractivity contribution in [3.63, 3.8) is 0 Å². The van der Waals surface area contributed by atoms with Gasteiger partial charge in [-0.25, -0.2) is 0 Å². The molecule has 2 heteroatoms. The molecule has 0 bridgehead atoms. The standard InChI is InChI=1S/C10H16O2/c1-5-7-6(2)8(11)9(12)10(7,3)4/h7,11H,5H2,1-4H3/t7-/m0/s1. The number of hydrogen-bond donors (Lipinski definition) is 1. The Morgan fingerprint density at radius 3 is 2.17 bits per heavy atom. The second kappa shape index (κ2) is 2.61. The summed E-state index contributed by atoms with van der Waals surface area (Å²) in [6.45, 7) is 7.68. The Morgan fingerprint density at radius 2 is 2.00 bits per heavy atom. The van der Waals surface area contributed by atoms with Crippen molar-refractivity contribution in [2.75, 3.05) is 0 Å². The van der Waals surface area contributed by atoms with E-state index in [4.69, 9.17) is 0 Å². The van der Waals surface area contributed by atoms with E-state index < -0.39 is 5.41 Å². The van der Waals surface area contributed by atoms with Crippen LogP contribution in [0.1, 0.15) is 34.1 Å². The van der Waals surface area contributed by atoms with E-state index in [2.05, 4.69) is 0 Å². The quantitative estimate of drug-likeness (QED) is 0.653. The molecule has 0 amide bonds. The fourth-order valence-corrected chi connectivity index (χ4v) is 2.17. The highest BCUT2D eigenvalue weighted by Crippen LogP contribution is 2.44. The topological polar surface area (TPSA) is 37.3 Å². The molecule has 0 saturated heterocycles. The van der Waals surface area contributed by atoms with Crippen LogP contribution in [-0.4, -0.2) is 10.9 Å². The molecule has 0 saturated carbocycles. The van der Waals surface area contributed by atoms with Gasteiger partial charge in [0.05, 0.1) is 0 Å². The average Bonchev–Trinajstić information content (AvgIpc) is 2.13. The SMILES string of the molecule is CC[C@H]1C(C)=C(O)C(=O)C1(C)C. The lowest BCUT2D eigenvalue weighted by molar-refractivity contribution is -0.125. The summed E-state index contributed by atoms with van der Waals surface area (Å²) in [6, 6.07) is 0. The van der Waals surface area contributed by atoms with Gasteiger partial charge in [0.1, 0.15) is 0 Å². The maximum absolute atomic E-state index is 11.5. The summed E-state index contributed by atoms with van der Waals surface area (Å²) in [6.07, 6.45) is 0.911. The molecule has 1 aliphatic carbocycles. The molecule has 0 aliphatic heterocycles. The minimum Gasteiger partial charge on any atom is -0.504 e. The fourth-order valence-electron chi connectivity index (χ4n) is 2.17. The first kappa shape index (κ1) is 9.30. The van der Waals surface area contributed by atoms with Gasteiger partial charge in [-0.05, 0) is 24.8 Å². The molecule has 68 valence electrons. The molecule has 0 unspecified atom stereocenters. The van der Waals surface area contributed by atoms with Crippen LogP contribution >= 0.6 is 0 Å². The maximum atomic E-state index is 11.5. The largest absolute Gasteiger partial charge is 0.504 e. The summed E-state index contributed by atoms with van der Waals surface area (Å²) in [5.74, 6) is 0.101. The highest BCUT2D eigenvalue weighted by atomic mass is 16.3. The Kier molecular flexibility index (Phi) is 2.02. The van der Waals surface area contributed by atoms with E-state index in [0.717, 1.165) is 12.0 Å². The summed E-state index contributed by atoms with van der Waals surface area (Å²) >= 11 is 0. The average molecular weight is 168 g/mol. The van der Waals surface area contributed by atoms with Crippen LogP contribution in [0.25, 0.3) is 0 Å². The van der Waals surface area contributed by atoms with Gasteiger partial charge in [-0.2, -0.15) is 0 Å². The van der Waals surface area contributed by atoms with Gasteiger partial charge in [-0.15, -0.1) is 0 Å². The molecule has 1 N–H and O–H groups in total. The smallest absolute Gasteiger partial charge is 0.203 e. The zero-order valence-corrected chi connectivity index (χ0v) is 8.14. The van der Waals surface area contributed by atoms with E-state index in [0.29, 0.717) is 0 Å². The molecule has 0 aromatic heterocycles. The van der Waals surface area contributed by atoms with Gasteiger partial charge in [-0.1, -0.05) is 20.8 Å². The number of carbonyl (C=O) groups excluding carboxylic acids is 1. The maximum Gasteiger partial charge on any atom is 0.203 e. The molecule has 0 aromatic carbocycles. The van der Waals surface area contributed by atoms with Crippen LogP contribution in [0, 0.1) is 11.3 Å². The summed E-state index contributed by atoms with van der Waals surface area (Å²) < 4.78 is 0. The lowest BCUT2D eigenvalue weighted by Crippen LogP contribution is -2.27. The van der Waals surface area contributed by atoms with Crippen molar-refractivity contribution in [2.45, 2.75) is 34.1 Å². The third-order valence-electron chi connectivity index (χ3n) is 2.98. The lowest BCUT2D eigenvalue weighted by atomic mass is 9.77. The lowest BCUT2D eigenvalue weighted by Gasteiger charge is -2.24. The molecule has 2 nitrogen and oxygen atoms in total. The van der Waals surface area contributed by atoms with Crippen LogP contribution < -0.4 is 0 Å². The van der Waals surface area contributed by atoms with E-state index in [1.807, 2.05) is 27.7 Å². The molecule has 0 radical (unpaired) electrons. The molecular formula is C10H16O2. The Bertz CT molecular complexity index is 249. The van der Waals surface area contributed by atoms with Crippen molar-refractivity contribution in [3.05, 3.63) is 11.3 Å². The summed E-state index contributed by atoms with van der Waals surface area (Å²) in [5, 5.41) is 9.43. The zero-order valence-electron chi connectivity index (χ0n) is 8.14. The molecule has 1 rings (SSSR count).